The largest absolute Gasteiger partial charge is 0.328 e. The first kappa shape index (κ1) is 20.0. The molecule has 1 N–H and O–H groups in total. The third kappa shape index (κ3) is 7.47. The van der Waals surface area contributed by atoms with E-state index in [-0.39, 0.29) is 6.03 Å². The Morgan fingerprint density at radius 2 is 1.62 bits per heavy atom. The predicted molar refractivity (Wildman–Crippen MR) is 99.1 cm³/mol. The standard InChI is InChI=1S/C19H30N4O/c1-4-12-23(13-5-2)15-7-6-14-22(3)19(24)21-18-10-8-17(16-20)9-11-18/h8-11H,4-7,12-15H2,1-3H3,(H,21,24). The summed E-state index contributed by atoms with van der Waals surface area (Å²) in [5.74, 6) is 0. The molecule has 0 saturated carbocycles. The Kier molecular flexibility index (Phi) is 9.55. The molecule has 24 heavy (non-hydrogen) atoms. The lowest BCUT2D eigenvalue weighted by Crippen LogP contribution is -2.33. The van der Waals surface area contributed by atoms with Crippen LogP contribution in [0.2, 0.25) is 0 Å². The van der Waals surface area contributed by atoms with Crippen molar-refractivity contribution in [3.63, 3.8) is 0 Å². The van der Waals surface area contributed by atoms with Crippen molar-refractivity contribution in [1.29, 1.82) is 5.26 Å². The van der Waals surface area contributed by atoms with Crippen molar-refractivity contribution in [2.24, 2.45) is 0 Å². The maximum atomic E-state index is 12.1. The van der Waals surface area contributed by atoms with Crippen molar-refractivity contribution >= 4 is 11.7 Å². The maximum absolute atomic E-state index is 12.1. The van der Waals surface area contributed by atoms with Crippen molar-refractivity contribution in [3.05, 3.63) is 29.8 Å². The average molecular weight is 330 g/mol. The summed E-state index contributed by atoms with van der Waals surface area (Å²) in [4.78, 5) is 16.3. The first-order valence-corrected chi connectivity index (χ1v) is 8.85. The molecule has 1 rings (SSSR count). The Morgan fingerprint density at radius 1 is 1.04 bits per heavy atom. The molecule has 0 atom stereocenters. The van der Waals surface area contributed by atoms with Gasteiger partial charge in [-0.25, -0.2) is 4.79 Å². The second-order valence-corrected chi connectivity index (χ2v) is 6.09. The van der Waals surface area contributed by atoms with Crippen LogP contribution in [-0.4, -0.2) is 49.1 Å². The minimum absolute atomic E-state index is 0.112. The lowest BCUT2D eigenvalue weighted by atomic mass is 10.2. The van der Waals surface area contributed by atoms with Crippen molar-refractivity contribution < 1.29 is 4.79 Å². The van der Waals surface area contributed by atoms with Crippen LogP contribution in [0.15, 0.2) is 24.3 Å². The molecule has 0 fully saturated rings. The zero-order valence-corrected chi connectivity index (χ0v) is 15.2. The van der Waals surface area contributed by atoms with Crippen LogP contribution in [0.1, 0.15) is 45.1 Å². The average Bonchev–Trinajstić information content (AvgIpc) is 2.59. The number of hydrogen-bond acceptors (Lipinski definition) is 3. The lowest BCUT2D eigenvalue weighted by molar-refractivity contribution is 0.219. The summed E-state index contributed by atoms with van der Waals surface area (Å²) in [7, 11) is 1.81. The Morgan fingerprint density at radius 3 is 2.17 bits per heavy atom. The van der Waals surface area contributed by atoms with Gasteiger partial charge in [0, 0.05) is 19.3 Å². The molecule has 0 radical (unpaired) electrons. The topological polar surface area (TPSA) is 59.4 Å². The molecule has 0 aliphatic heterocycles. The molecule has 0 bridgehead atoms. The van der Waals surface area contributed by atoms with Gasteiger partial charge in [-0.15, -0.1) is 0 Å². The molecule has 0 heterocycles. The summed E-state index contributed by atoms with van der Waals surface area (Å²) in [5, 5.41) is 11.6. The van der Waals surface area contributed by atoms with E-state index in [1.807, 2.05) is 7.05 Å². The van der Waals surface area contributed by atoms with Crippen LogP contribution in [-0.2, 0) is 0 Å². The number of carbonyl (C=O) groups excluding carboxylic acids is 1. The van der Waals surface area contributed by atoms with Crippen LogP contribution in [0.3, 0.4) is 0 Å². The first-order chi connectivity index (χ1) is 11.6. The second kappa shape index (κ2) is 11.5. The quantitative estimate of drug-likeness (QED) is 0.661. The molecule has 0 aromatic heterocycles. The number of rotatable bonds is 10. The molecular weight excluding hydrogens is 300 g/mol. The van der Waals surface area contributed by atoms with Gasteiger partial charge in [-0.3, -0.25) is 0 Å². The molecule has 5 heteroatoms. The van der Waals surface area contributed by atoms with E-state index in [4.69, 9.17) is 5.26 Å². The number of nitrogens with zero attached hydrogens (tertiary/aromatic N) is 3. The molecule has 1 aromatic rings. The minimum atomic E-state index is -0.112. The Labute approximate surface area is 146 Å². The monoisotopic (exact) mass is 330 g/mol. The Bertz CT molecular complexity index is 515. The Hall–Kier alpha value is -2.06. The molecule has 0 spiro atoms. The predicted octanol–water partition coefficient (Wildman–Crippen LogP) is 3.92. The van der Waals surface area contributed by atoms with Gasteiger partial charge in [0.2, 0.25) is 0 Å². The summed E-state index contributed by atoms with van der Waals surface area (Å²) < 4.78 is 0. The van der Waals surface area contributed by atoms with Gasteiger partial charge in [0.1, 0.15) is 0 Å². The van der Waals surface area contributed by atoms with Crippen LogP contribution in [0.5, 0.6) is 0 Å². The van der Waals surface area contributed by atoms with Crippen LogP contribution in [0.25, 0.3) is 0 Å². The van der Waals surface area contributed by atoms with E-state index in [1.54, 1.807) is 29.2 Å². The zero-order chi connectivity index (χ0) is 17.8. The third-order valence-electron chi connectivity index (χ3n) is 3.91. The van der Waals surface area contributed by atoms with Gasteiger partial charge < -0.3 is 15.1 Å². The van der Waals surface area contributed by atoms with Crippen molar-refractivity contribution in [2.45, 2.75) is 39.5 Å². The second-order valence-electron chi connectivity index (χ2n) is 6.09. The SMILES string of the molecule is CCCN(CCC)CCCCN(C)C(=O)Nc1ccc(C#N)cc1. The zero-order valence-electron chi connectivity index (χ0n) is 15.2. The van der Waals surface area contributed by atoms with Crippen LogP contribution >= 0.6 is 0 Å². The van der Waals surface area contributed by atoms with Gasteiger partial charge in [0.25, 0.3) is 0 Å². The smallest absolute Gasteiger partial charge is 0.321 e. The van der Waals surface area contributed by atoms with Gasteiger partial charge in [-0.1, -0.05) is 13.8 Å². The fraction of sp³-hybridized carbons (Fsp3) is 0.579. The van der Waals surface area contributed by atoms with E-state index in [0.29, 0.717) is 11.3 Å². The molecule has 132 valence electrons. The number of amides is 2. The van der Waals surface area contributed by atoms with Crippen LogP contribution in [0.4, 0.5) is 10.5 Å². The fourth-order valence-corrected chi connectivity index (χ4v) is 2.60. The number of urea groups is 1. The highest BCUT2D eigenvalue weighted by Crippen LogP contribution is 2.09. The van der Waals surface area contributed by atoms with E-state index in [2.05, 4.69) is 30.1 Å². The van der Waals surface area contributed by atoms with Gasteiger partial charge in [-0.05, 0) is 69.6 Å². The minimum Gasteiger partial charge on any atom is -0.328 e. The molecule has 0 aliphatic rings. The van der Waals surface area contributed by atoms with Crippen molar-refractivity contribution in [3.8, 4) is 6.07 Å². The van der Waals surface area contributed by atoms with Crippen molar-refractivity contribution in [2.75, 3.05) is 38.5 Å². The fourth-order valence-electron chi connectivity index (χ4n) is 2.60. The highest BCUT2D eigenvalue weighted by atomic mass is 16.2. The number of anilines is 1. The van der Waals surface area contributed by atoms with Gasteiger partial charge in [-0.2, -0.15) is 5.26 Å². The number of carbonyl (C=O) groups is 1. The molecule has 1 aromatic carbocycles. The van der Waals surface area contributed by atoms with E-state index < -0.39 is 0 Å². The van der Waals surface area contributed by atoms with E-state index in [1.165, 1.54) is 12.8 Å². The third-order valence-corrected chi connectivity index (χ3v) is 3.91. The molecule has 2 amide bonds. The number of nitriles is 1. The number of unbranched alkanes of at least 4 members (excludes halogenated alkanes) is 1. The highest BCUT2D eigenvalue weighted by molar-refractivity contribution is 5.89. The summed E-state index contributed by atoms with van der Waals surface area (Å²) in [5.41, 5.74) is 1.30. The normalized spacial score (nSPS) is 10.5. The molecule has 5 nitrogen and oxygen atoms in total. The van der Waals surface area contributed by atoms with E-state index >= 15 is 0 Å². The first-order valence-electron chi connectivity index (χ1n) is 8.85. The molecule has 0 unspecified atom stereocenters. The van der Waals surface area contributed by atoms with E-state index in [9.17, 15) is 4.79 Å². The number of benzene rings is 1. The van der Waals surface area contributed by atoms with Gasteiger partial charge in [0.15, 0.2) is 0 Å². The summed E-state index contributed by atoms with van der Waals surface area (Å²) >= 11 is 0. The maximum Gasteiger partial charge on any atom is 0.321 e. The van der Waals surface area contributed by atoms with Gasteiger partial charge >= 0.3 is 6.03 Å². The lowest BCUT2D eigenvalue weighted by Gasteiger charge is -2.22. The molecule has 0 saturated heterocycles. The summed E-state index contributed by atoms with van der Waals surface area (Å²) in [6, 6.07) is 8.85. The molecular formula is C19H30N4O. The highest BCUT2D eigenvalue weighted by Gasteiger charge is 2.09. The van der Waals surface area contributed by atoms with Crippen molar-refractivity contribution in [1.82, 2.24) is 9.80 Å². The van der Waals surface area contributed by atoms with E-state index in [0.717, 1.165) is 39.0 Å². The summed E-state index contributed by atoms with van der Waals surface area (Å²) in [6.45, 7) is 8.58. The van der Waals surface area contributed by atoms with Crippen LogP contribution < -0.4 is 5.32 Å². The Balaban J connectivity index is 2.29. The van der Waals surface area contributed by atoms with Gasteiger partial charge in [0.05, 0.1) is 11.6 Å². The summed E-state index contributed by atoms with van der Waals surface area (Å²) in [6.07, 6.45) is 4.48. The number of hydrogen-bond donors (Lipinski definition) is 1. The number of nitrogens with one attached hydrogen (secondary N) is 1. The molecule has 0 aliphatic carbocycles. The van der Waals surface area contributed by atoms with Crippen LogP contribution in [0, 0.1) is 11.3 Å².